The van der Waals surface area contributed by atoms with Crippen LogP contribution in [0.2, 0.25) is 0 Å². The molecule has 7 nitrogen and oxygen atoms in total. The summed E-state index contributed by atoms with van der Waals surface area (Å²) >= 11 is 1.59. The SMILES string of the molecule is CNC(=O)c1c(-c2ccc(F)cc2)oc2cc(N(C)SC)c([C@@H]3CCCN(C(=O)C4CC4c4ccccn4)C3)cc12. The lowest BCUT2D eigenvalue weighted by Crippen LogP contribution is -2.40. The van der Waals surface area contributed by atoms with Gasteiger partial charge in [0.25, 0.3) is 5.91 Å². The summed E-state index contributed by atoms with van der Waals surface area (Å²) in [4.78, 5) is 33.2. The van der Waals surface area contributed by atoms with E-state index in [1.54, 1.807) is 37.3 Å². The standard InChI is InChI=1S/C32H33FN4O3S/c1-34-31(38)29-25-15-22(27(36(2)41-3)17-28(25)40-30(29)19-9-11-21(33)12-10-19)20-7-6-14-37(18-20)32(39)24-16-23(24)26-8-4-5-13-35-26/h4-5,8-13,15,17,20,23-24H,6-7,14,16,18H2,1-3H3,(H,34,38)/t20-,23?,24?/m1/s1. The number of pyridine rings is 1. The van der Waals surface area contributed by atoms with Gasteiger partial charge >= 0.3 is 0 Å². The van der Waals surface area contributed by atoms with Crippen molar-refractivity contribution in [1.82, 2.24) is 15.2 Å². The minimum Gasteiger partial charge on any atom is -0.455 e. The van der Waals surface area contributed by atoms with Crippen LogP contribution in [0.5, 0.6) is 0 Å². The van der Waals surface area contributed by atoms with Crippen molar-refractivity contribution in [2.24, 2.45) is 5.92 Å². The van der Waals surface area contributed by atoms with E-state index in [1.165, 1.54) is 12.1 Å². The summed E-state index contributed by atoms with van der Waals surface area (Å²) in [5, 5.41) is 3.45. The first-order chi connectivity index (χ1) is 19.9. The molecular formula is C32H33FN4O3S. The molecule has 41 heavy (non-hydrogen) atoms. The van der Waals surface area contributed by atoms with E-state index in [-0.39, 0.29) is 35.4 Å². The van der Waals surface area contributed by atoms with Crippen LogP contribution in [0.25, 0.3) is 22.3 Å². The zero-order valence-corrected chi connectivity index (χ0v) is 24.2. The molecule has 0 spiro atoms. The molecule has 1 aliphatic heterocycles. The van der Waals surface area contributed by atoms with Crippen molar-refractivity contribution >= 4 is 40.4 Å². The molecule has 9 heteroatoms. The topological polar surface area (TPSA) is 78.7 Å². The van der Waals surface area contributed by atoms with Gasteiger partial charge in [-0.1, -0.05) is 18.0 Å². The predicted molar refractivity (Wildman–Crippen MR) is 161 cm³/mol. The maximum Gasteiger partial charge on any atom is 0.255 e. The summed E-state index contributed by atoms with van der Waals surface area (Å²) in [6.07, 6.45) is 6.50. The van der Waals surface area contributed by atoms with Gasteiger partial charge < -0.3 is 18.9 Å². The molecule has 2 aromatic heterocycles. The number of hydrogen-bond donors (Lipinski definition) is 1. The van der Waals surface area contributed by atoms with E-state index in [0.717, 1.165) is 42.8 Å². The fourth-order valence-electron chi connectivity index (χ4n) is 6.06. The van der Waals surface area contributed by atoms with Crippen molar-refractivity contribution in [3.8, 4) is 11.3 Å². The van der Waals surface area contributed by atoms with E-state index >= 15 is 0 Å². The van der Waals surface area contributed by atoms with Crippen molar-refractivity contribution in [2.75, 3.05) is 37.7 Å². The lowest BCUT2D eigenvalue weighted by molar-refractivity contribution is -0.133. The summed E-state index contributed by atoms with van der Waals surface area (Å²) in [6, 6.07) is 15.9. The molecule has 1 saturated carbocycles. The smallest absolute Gasteiger partial charge is 0.255 e. The van der Waals surface area contributed by atoms with E-state index in [0.29, 0.717) is 34.4 Å². The number of piperidine rings is 1. The number of aromatic nitrogens is 1. The van der Waals surface area contributed by atoms with Crippen LogP contribution in [0.3, 0.4) is 0 Å². The Bertz CT molecular complexity index is 1590. The third kappa shape index (κ3) is 5.19. The van der Waals surface area contributed by atoms with Crippen LogP contribution in [-0.2, 0) is 4.79 Å². The van der Waals surface area contributed by atoms with E-state index in [2.05, 4.69) is 20.7 Å². The summed E-state index contributed by atoms with van der Waals surface area (Å²) < 4.78 is 22.1. The van der Waals surface area contributed by atoms with E-state index < -0.39 is 0 Å². The van der Waals surface area contributed by atoms with E-state index in [4.69, 9.17) is 4.42 Å². The van der Waals surface area contributed by atoms with Crippen LogP contribution in [0.1, 0.15) is 52.7 Å². The van der Waals surface area contributed by atoms with Crippen molar-refractivity contribution in [3.63, 3.8) is 0 Å². The number of rotatable bonds is 7. The van der Waals surface area contributed by atoms with Gasteiger partial charge in [0.1, 0.15) is 17.2 Å². The minimum atomic E-state index is -0.355. The predicted octanol–water partition coefficient (Wildman–Crippen LogP) is 6.22. The number of halogens is 1. The number of hydrogen-bond acceptors (Lipinski definition) is 6. The molecule has 0 radical (unpaired) electrons. The second-order valence-electron chi connectivity index (χ2n) is 10.8. The van der Waals surface area contributed by atoms with Crippen molar-refractivity contribution in [2.45, 2.75) is 31.1 Å². The number of nitrogens with zero attached hydrogens (tertiary/aromatic N) is 3. The number of likely N-dealkylation sites (tertiary alicyclic amines) is 1. The molecular weight excluding hydrogens is 539 g/mol. The second-order valence-corrected chi connectivity index (χ2v) is 11.7. The Morgan fingerprint density at radius 1 is 1.17 bits per heavy atom. The number of furan rings is 1. The Balaban J connectivity index is 1.36. The van der Waals surface area contributed by atoms with Gasteiger partial charge in [-0.2, -0.15) is 0 Å². The number of carbonyl (C=O) groups excluding carboxylic acids is 2. The summed E-state index contributed by atoms with van der Waals surface area (Å²) in [5.74, 6) is 0.288. The summed E-state index contributed by atoms with van der Waals surface area (Å²) in [7, 11) is 3.60. The van der Waals surface area contributed by atoms with Gasteiger partial charge in [-0.25, -0.2) is 4.39 Å². The lowest BCUT2D eigenvalue weighted by atomic mass is 9.87. The van der Waals surface area contributed by atoms with Gasteiger partial charge in [-0.05, 0) is 67.3 Å². The van der Waals surface area contributed by atoms with Gasteiger partial charge in [-0.15, -0.1) is 0 Å². The normalized spacial score (nSPS) is 20.2. The molecule has 1 saturated heterocycles. The molecule has 2 aliphatic rings. The maximum atomic E-state index is 13.7. The van der Waals surface area contributed by atoms with Crippen molar-refractivity contribution in [3.05, 3.63) is 83.4 Å². The Morgan fingerprint density at radius 3 is 2.68 bits per heavy atom. The third-order valence-corrected chi connectivity index (χ3v) is 9.10. The van der Waals surface area contributed by atoms with Crippen LogP contribution >= 0.6 is 11.9 Å². The average molecular weight is 573 g/mol. The summed E-state index contributed by atoms with van der Waals surface area (Å²) in [5.41, 5.74) is 4.71. The zero-order valence-electron chi connectivity index (χ0n) is 23.4. The minimum absolute atomic E-state index is 0.00790. The van der Waals surface area contributed by atoms with E-state index in [1.807, 2.05) is 42.5 Å². The van der Waals surface area contributed by atoms with Gasteiger partial charge in [-0.3, -0.25) is 14.6 Å². The average Bonchev–Trinajstić information content (AvgIpc) is 3.73. The highest BCUT2D eigenvalue weighted by atomic mass is 32.2. The fourth-order valence-corrected chi connectivity index (χ4v) is 6.41. The number of anilines is 1. The number of nitrogens with one attached hydrogen (secondary N) is 1. The Labute approximate surface area is 243 Å². The molecule has 212 valence electrons. The third-order valence-electron chi connectivity index (χ3n) is 8.36. The molecule has 2 fully saturated rings. The van der Waals surface area contributed by atoms with E-state index in [9.17, 15) is 14.0 Å². The monoisotopic (exact) mass is 572 g/mol. The first-order valence-electron chi connectivity index (χ1n) is 14.0. The Morgan fingerprint density at radius 2 is 1.98 bits per heavy atom. The zero-order chi connectivity index (χ0) is 28.7. The van der Waals surface area contributed by atoms with Gasteiger partial charge in [0, 0.05) is 80.1 Å². The largest absolute Gasteiger partial charge is 0.455 e. The quantitative estimate of drug-likeness (QED) is 0.265. The van der Waals surface area contributed by atoms with Crippen LogP contribution < -0.4 is 9.62 Å². The summed E-state index contributed by atoms with van der Waals surface area (Å²) in [6.45, 7) is 1.38. The van der Waals surface area contributed by atoms with Crippen molar-refractivity contribution < 1.29 is 18.4 Å². The maximum absolute atomic E-state index is 13.7. The molecule has 2 aromatic carbocycles. The van der Waals surface area contributed by atoms with Gasteiger partial charge in [0.15, 0.2) is 0 Å². The number of fused-ring (bicyclic) bond motifs is 1. The highest BCUT2D eigenvalue weighted by Crippen LogP contribution is 2.49. The molecule has 4 aromatic rings. The first kappa shape index (κ1) is 27.3. The van der Waals surface area contributed by atoms with Crippen LogP contribution in [0.15, 0.2) is 65.2 Å². The molecule has 6 rings (SSSR count). The highest BCUT2D eigenvalue weighted by molar-refractivity contribution is 7.99. The van der Waals surface area contributed by atoms with Gasteiger partial charge in [0.2, 0.25) is 5.91 Å². The van der Waals surface area contributed by atoms with Crippen molar-refractivity contribution in [1.29, 1.82) is 0 Å². The first-order valence-corrected chi connectivity index (χ1v) is 15.1. The van der Waals surface area contributed by atoms with Gasteiger partial charge in [0.05, 0.1) is 11.3 Å². The Kier molecular flexibility index (Phi) is 7.46. The highest BCUT2D eigenvalue weighted by Gasteiger charge is 2.47. The second kappa shape index (κ2) is 11.2. The molecule has 3 heterocycles. The van der Waals surface area contributed by atoms with Crippen LogP contribution in [0.4, 0.5) is 10.1 Å². The fraction of sp³-hybridized carbons (Fsp3) is 0.344. The molecule has 1 N–H and O–H groups in total. The molecule has 2 unspecified atom stereocenters. The van der Waals surface area contributed by atoms with Crippen LogP contribution in [-0.4, -0.2) is 55.1 Å². The molecule has 3 atom stereocenters. The number of benzene rings is 2. The molecule has 0 bridgehead atoms. The Hall–Kier alpha value is -3.85. The molecule has 1 aliphatic carbocycles. The van der Waals surface area contributed by atoms with Crippen LogP contribution in [0, 0.1) is 11.7 Å². The number of carbonyl (C=O) groups is 2. The lowest BCUT2D eigenvalue weighted by Gasteiger charge is -2.35. The molecule has 2 amide bonds. The number of amides is 2.